The molecule has 0 aliphatic carbocycles. The van der Waals surface area contributed by atoms with Gasteiger partial charge in [0.1, 0.15) is 0 Å². The van der Waals surface area contributed by atoms with Crippen molar-refractivity contribution in [1.82, 2.24) is 15.0 Å². The minimum atomic E-state index is 0.864. The molecule has 55 heavy (non-hydrogen) atoms. The van der Waals surface area contributed by atoms with Crippen LogP contribution in [-0.4, -0.2) is 15.0 Å². The van der Waals surface area contributed by atoms with Crippen molar-refractivity contribution >= 4 is 65.0 Å². The normalized spacial score (nSPS) is 11.7. The Morgan fingerprint density at radius 2 is 0.800 bits per heavy atom. The topological polar surface area (TPSA) is 38.7 Å². The highest BCUT2D eigenvalue weighted by molar-refractivity contribution is 6.26. The standard InChI is InChI=1S/C52H33N3/c1-32-30-46-52(55-50(34-18-6-3-7-19-34)49(54-46)33-16-4-2-5-17-33)48-43-26-14-15-27-45(43)53-51(47(32)48)42-25-13-8-20-36(42)35-28-29-41-39-23-10-9-21-37(39)38-22-11-12-24-40(38)44(41)31-35/h2-31H,1H3. The second kappa shape index (κ2) is 12.4. The molecule has 0 radical (unpaired) electrons. The summed E-state index contributed by atoms with van der Waals surface area (Å²) in [6.07, 6.45) is 0. The maximum atomic E-state index is 5.55. The van der Waals surface area contributed by atoms with Crippen LogP contribution in [0.2, 0.25) is 0 Å². The second-order valence-corrected chi connectivity index (χ2v) is 14.3. The van der Waals surface area contributed by atoms with Crippen LogP contribution in [0.15, 0.2) is 182 Å². The summed E-state index contributed by atoms with van der Waals surface area (Å²) >= 11 is 0. The van der Waals surface area contributed by atoms with Gasteiger partial charge in [-0.25, -0.2) is 15.0 Å². The van der Waals surface area contributed by atoms with E-state index in [1.165, 1.54) is 32.3 Å². The highest BCUT2D eigenvalue weighted by Gasteiger charge is 2.22. The third-order valence-electron chi connectivity index (χ3n) is 11.1. The average molecular weight is 700 g/mol. The Morgan fingerprint density at radius 1 is 0.309 bits per heavy atom. The van der Waals surface area contributed by atoms with Crippen LogP contribution in [0.1, 0.15) is 5.56 Å². The van der Waals surface area contributed by atoms with Crippen LogP contribution in [0.25, 0.3) is 110 Å². The van der Waals surface area contributed by atoms with E-state index in [2.05, 4.69) is 177 Å². The van der Waals surface area contributed by atoms with E-state index in [1.807, 2.05) is 12.1 Å². The van der Waals surface area contributed by atoms with Gasteiger partial charge < -0.3 is 0 Å². The summed E-state index contributed by atoms with van der Waals surface area (Å²) in [5, 5.41) is 10.8. The summed E-state index contributed by atoms with van der Waals surface area (Å²) in [5.41, 5.74) is 11.9. The summed E-state index contributed by atoms with van der Waals surface area (Å²) in [4.78, 5) is 16.4. The predicted molar refractivity (Wildman–Crippen MR) is 231 cm³/mol. The third-order valence-corrected chi connectivity index (χ3v) is 11.1. The van der Waals surface area contributed by atoms with Gasteiger partial charge in [0.15, 0.2) is 0 Å². The Morgan fingerprint density at radius 3 is 1.45 bits per heavy atom. The van der Waals surface area contributed by atoms with E-state index < -0.39 is 0 Å². The number of hydrogen-bond acceptors (Lipinski definition) is 3. The molecular formula is C52H33N3. The van der Waals surface area contributed by atoms with Crippen LogP contribution in [-0.2, 0) is 0 Å². The number of rotatable bonds is 4. The molecule has 11 aromatic rings. The molecule has 3 nitrogen and oxygen atoms in total. The molecule has 2 heterocycles. The van der Waals surface area contributed by atoms with Crippen molar-refractivity contribution in [1.29, 1.82) is 0 Å². The van der Waals surface area contributed by atoms with Crippen molar-refractivity contribution < 1.29 is 0 Å². The maximum Gasteiger partial charge on any atom is 0.0980 e. The largest absolute Gasteiger partial charge is 0.247 e. The highest BCUT2D eigenvalue weighted by Crippen LogP contribution is 2.44. The first kappa shape index (κ1) is 31.3. The molecule has 2 aromatic heterocycles. The monoisotopic (exact) mass is 699 g/mol. The van der Waals surface area contributed by atoms with Gasteiger partial charge in [0.05, 0.1) is 33.6 Å². The first-order chi connectivity index (χ1) is 27.2. The molecule has 0 atom stereocenters. The highest BCUT2D eigenvalue weighted by atomic mass is 14.8. The van der Waals surface area contributed by atoms with E-state index in [4.69, 9.17) is 15.0 Å². The Balaban J connectivity index is 1.21. The number of hydrogen-bond donors (Lipinski definition) is 0. The Labute approximate surface area is 318 Å². The lowest BCUT2D eigenvalue weighted by Gasteiger charge is -2.18. The molecule has 9 aromatic carbocycles. The van der Waals surface area contributed by atoms with Gasteiger partial charge in [0.2, 0.25) is 0 Å². The molecule has 0 saturated heterocycles. The molecule has 0 saturated carbocycles. The molecule has 0 amide bonds. The number of pyridine rings is 1. The SMILES string of the molecule is Cc1cc2nc(-c3ccccc3)c(-c3ccccc3)nc2c2c1c(-c1ccccc1-c1ccc3c4ccccc4c4ccccc4c3c1)nc1ccccc12. The molecule has 0 unspecified atom stereocenters. The molecule has 0 aliphatic heterocycles. The van der Waals surface area contributed by atoms with E-state index in [0.717, 1.165) is 83.2 Å². The summed E-state index contributed by atoms with van der Waals surface area (Å²) in [5.74, 6) is 0. The van der Waals surface area contributed by atoms with Gasteiger partial charge >= 0.3 is 0 Å². The van der Waals surface area contributed by atoms with E-state index in [-0.39, 0.29) is 0 Å². The van der Waals surface area contributed by atoms with Crippen LogP contribution in [0.4, 0.5) is 0 Å². The Bertz CT molecular complexity index is 3280. The van der Waals surface area contributed by atoms with E-state index in [0.29, 0.717) is 0 Å². The number of aromatic nitrogens is 3. The zero-order valence-corrected chi connectivity index (χ0v) is 30.2. The number of aryl methyl sites for hydroxylation is 1. The average Bonchev–Trinajstić information content (AvgIpc) is 3.26. The molecule has 0 N–H and O–H groups in total. The Hall–Kier alpha value is -7.23. The second-order valence-electron chi connectivity index (χ2n) is 14.3. The number of para-hydroxylation sites is 1. The van der Waals surface area contributed by atoms with Crippen LogP contribution in [0.5, 0.6) is 0 Å². The van der Waals surface area contributed by atoms with Gasteiger partial charge in [0.25, 0.3) is 0 Å². The van der Waals surface area contributed by atoms with Gasteiger partial charge in [0, 0.05) is 32.8 Å². The van der Waals surface area contributed by atoms with Gasteiger partial charge in [-0.3, -0.25) is 0 Å². The molecule has 0 aliphatic rings. The summed E-state index contributed by atoms with van der Waals surface area (Å²) in [6, 6.07) is 64.6. The lowest BCUT2D eigenvalue weighted by Crippen LogP contribution is -2.00. The number of fused-ring (bicyclic) bond motifs is 11. The fourth-order valence-electron chi connectivity index (χ4n) is 8.66. The zero-order valence-electron chi connectivity index (χ0n) is 30.2. The van der Waals surface area contributed by atoms with Crippen molar-refractivity contribution in [2.24, 2.45) is 0 Å². The van der Waals surface area contributed by atoms with Crippen LogP contribution in [0.3, 0.4) is 0 Å². The van der Waals surface area contributed by atoms with Crippen LogP contribution in [0, 0.1) is 6.92 Å². The van der Waals surface area contributed by atoms with Crippen molar-refractivity contribution in [2.45, 2.75) is 6.92 Å². The third kappa shape index (κ3) is 4.94. The summed E-state index contributed by atoms with van der Waals surface area (Å²) < 4.78 is 0. The van der Waals surface area contributed by atoms with E-state index >= 15 is 0 Å². The maximum absolute atomic E-state index is 5.55. The van der Waals surface area contributed by atoms with Gasteiger partial charge in [-0.15, -0.1) is 0 Å². The minimum absolute atomic E-state index is 0.864. The van der Waals surface area contributed by atoms with E-state index in [9.17, 15) is 0 Å². The molecule has 11 rings (SSSR count). The summed E-state index contributed by atoms with van der Waals surface area (Å²) in [6.45, 7) is 2.19. The Kier molecular flexibility index (Phi) is 7.08. The quantitative estimate of drug-likeness (QED) is 0.172. The summed E-state index contributed by atoms with van der Waals surface area (Å²) in [7, 11) is 0. The van der Waals surface area contributed by atoms with Crippen LogP contribution >= 0.6 is 0 Å². The molecular weight excluding hydrogens is 667 g/mol. The zero-order chi connectivity index (χ0) is 36.5. The molecule has 0 spiro atoms. The first-order valence-corrected chi connectivity index (χ1v) is 18.8. The molecule has 256 valence electrons. The van der Waals surface area contributed by atoms with Crippen molar-refractivity contribution in [2.75, 3.05) is 0 Å². The minimum Gasteiger partial charge on any atom is -0.247 e. The van der Waals surface area contributed by atoms with Gasteiger partial charge in [-0.1, -0.05) is 164 Å². The van der Waals surface area contributed by atoms with Gasteiger partial charge in [-0.05, 0) is 74.1 Å². The fraction of sp³-hybridized carbons (Fsp3) is 0.0192. The molecule has 0 bridgehead atoms. The van der Waals surface area contributed by atoms with Crippen molar-refractivity contribution in [3.8, 4) is 44.9 Å². The van der Waals surface area contributed by atoms with E-state index in [1.54, 1.807) is 0 Å². The first-order valence-electron chi connectivity index (χ1n) is 18.8. The smallest absolute Gasteiger partial charge is 0.0980 e. The lowest BCUT2D eigenvalue weighted by atomic mass is 9.89. The van der Waals surface area contributed by atoms with Crippen molar-refractivity contribution in [3.63, 3.8) is 0 Å². The van der Waals surface area contributed by atoms with Gasteiger partial charge in [-0.2, -0.15) is 0 Å². The number of benzene rings is 9. The fourth-order valence-corrected chi connectivity index (χ4v) is 8.66. The molecule has 0 fully saturated rings. The lowest BCUT2D eigenvalue weighted by molar-refractivity contribution is 1.29. The molecule has 3 heteroatoms. The predicted octanol–water partition coefficient (Wildman–Crippen LogP) is 13.8. The number of nitrogens with zero attached hydrogens (tertiary/aromatic N) is 3. The van der Waals surface area contributed by atoms with Crippen molar-refractivity contribution in [3.05, 3.63) is 188 Å². The van der Waals surface area contributed by atoms with Crippen LogP contribution < -0.4 is 0 Å².